The van der Waals surface area contributed by atoms with Gasteiger partial charge in [0.15, 0.2) is 0 Å². The van der Waals surface area contributed by atoms with Crippen LogP contribution in [0.15, 0.2) is 0 Å². The molecular weight excluding hydrogens is 234 g/mol. The smallest absolute Gasteiger partial charge is 0.306 e. The highest BCUT2D eigenvalue weighted by Crippen LogP contribution is 1.97. The van der Waals surface area contributed by atoms with Crippen molar-refractivity contribution in [1.82, 2.24) is 4.72 Å². The molecule has 6 nitrogen and oxygen atoms in total. The predicted molar refractivity (Wildman–Crippen MR) is 59.3 cm³/mol. The lowest BCUT2D eigenvalue weighted by atomic mass is 10.2. The Labute approximate surface area is 96.0 Å². The zero-order valence-corrected chi connectivity index (χ0v) is 10.4. The van der Waals surface area contributed by atoms with Gasteiger partial charge >= 0.3 is 5.97 Å². The average Bonchev–Trinajstić information content (AvgIpc) is 2.25. The third-order valence-electron chi connectivity index (χ3n) is 2.07. The molecule has 0 aliphatic heterocycles. The zero-order chi connectivity index (χ0) is 12.6. The minimum atomic E-state index is -3.45. The number of aliphatic hydroxyl groups excluding tert-OH is 1. The molecule has 0 aliphatic carbocycles. The first-order chi connectivity index (χ1) is 7.41. The molecule has 0 aromatic rings. The molecule has 0 aromatic carbocycles. The van der Waals surface area contributed by atoms with Gasteiger partial charge in [-0.15, -0.1) is 0 Å². The second-order valence-electron chi connectivity index (χ2n) is 3.39. The Bertz CT molecular complexity index is 301. The lowest BCUT2D eigenvalue weighted by Gasteiger charge is -2.09. The molecule has 16 heavy (non-hydrogen) atoms. The molecular formula is C9H19NO5S. The Morgan fingerprint density at radius 3 is 2.62 bits per heavy atom. The summed E-state index contributed by atoms with van der Waals surface area (Å²) < 4.78 is 29.3. The van der Waals surface area contributed by atoms with E-state index in [0.29, 0.717) is 12.8 Å². The molecule has 0 bridgehead atoms. The normalized spacial score (nSPS) is 13.4. The topological polar surface area (TPSA) is 92.7 Å². The minimum Gasteiger partial charge on any atom is -0.469 e. The van der Waals surface area contributed by atoms with Gasteiger partial charge in [-0.2, -0.15) is 0 Å². The summed E-state index contributed by atoms with van der Waals surface area (Å²) >= 11 is 0. The van der Waals surface area contributed by atoms with Crippen LogP contribution in [0.3, 0.4) is 0 Å². The van der Waals surface area contributed by atoms with E-state index in [9.17, 15) is 18.3 Å². The van der Waals surface area contributed by atoms with Crippen molar-refractivity contribution in [3.05, 3.63) is 0 Å². The van der Waals surface area contributed by atoms with Crippen LogP contribution in [0.1, 0.15) is 26.2 Å². The highest BCUT2D eigenvalue weighted by atomic mass is 32.2. The molecule has 96 valence electrons. The van der Waals surface area contributed by atoms with E-state index in [1.54, 1.807) is 0 Å². The van der Waals surface area contributed by atoms with Gasteiger partial charge in [-0.25, -0.2) is 13.1 Å². The molecule has 1 atom stereocenters. The van der Waals surface area contributed by atoms with E-state index in [0.717, 1.165) is 0 Å². The largest absolute Gasteiger partial charge is 0.469 e. The van der Waals surface area contributed by atoms with Crippen LogP contribution in [-0.2, 0) is 19.6 Å². The highest BCUT2D eigenvalue weighted by molar-refractivity contribution is 7.89. The van der Waals surface area contributed by atoms with Crippen LogP contribution >= 0.6 is 0 Å². The number of hydrogen-bond donors (Lipinski definition) is 2. The summed E-state index contributed by atoms with van der Waals surface area (Å²) in [4.78, 5) is 10.7. The Balaban J connectivity index is 3.83. The van der Waals surface area contributed by atoms with E-state index in [-0.39, 0.29) is 18.7 Å². The molecule has 0 heterocycles. The van der Waals surface area contributed by atoms with Crippen LogP contribution in [0, 0.1) is 0 Å². The van der Waals surface area contributed by atoms with Gasteiger partial charge in [0.2, 0.25) is 10.0 Å². The second-order valence-corrected chi connectivity index (χ2v) is 5.32. The third kappa shape index (κ3) is 7.61. The monoisotopic (exact) mass is 253 g/mol. The molecule has 0 radical (unpaired) electrons. The summed E-state index contributed by atoms with van der Waals surface area (Å²) in [5.74, 6) is -0.846. The summed E-state index contributed by atoms with van der Waals surface area (Å²) in [5.41, 5.74) is 0. The molecule has 0 rings (SSSR count). The van der Waals surface area contributed by atoms with Crippen molar-refractivity contribution in [2.45, 2.75) is 32.3 Å². The van der Waals surface area contributed by atoms with Crippen molar-refractivity contribution in [2.75, 3.05) is 19.4 Å². The van der Waals surface area contributed by atoms with E-state index in [4.69, 9.17) is 0 Å². The van der Waals surface area contributed by atoms with Crippen molar-refractivity contribution < 1.29 is 23.1 Å². The molecule has 1 unspecified atom stereocenters. The molecule has 0 aromatic heterocycles. The lowest BCUT2D eigenvalue weighted by Crippen LogP contribution is -2.30. The molecule has 0 spiro atoms. The number of methoxy groups -OCH3 is 1. The molecule has 0 saturated heterocycles. The predicted octanol–water partition coefficient (Wildman–Crippen LogP) is -0.370. The first-order valence-electron chi connectivity index (χ1n) is 5.13. The fourth-order valence-electron chi connectivity index (χ4n) is 0.977. The molecule has 0 saturated carbocycles. The van der Waals surface area contributed by atoms with E-state index in [1.165, 1.54) is 7.11 Å². The Morgan fingerprint density at radius 1 is 1.50 bits per heavy atom. The SMILES string of the molecule is CCC(O)CCNS(=O)(=O)CCC(=O)OC. The van der Waals surface area contributed by atoms with Crippen LogP contribution in [0.4, 0.5) is 0 Å². The number of carbonyl (C=O) groups is 1. The van der Waals surface area contributed by atoms with Crippen LogP contribution in [0.2, 0.25) is 0 Å². The number of nitrogens with one attached hydrogen (secondary N) is 1. The number of carbonyl (C=O) groups excluding carboxylic acids is 1. The Morgan fingerprint density at radius 2 is 2.12 bits per heavy atom. The summed E-state index contributed by atoms with van der Waals surface area (Å²) in [5, 5.41) is 9.20. The van der Waals surface area contributed by atoms with E-state index >= 15 is 0 Å². The fraction of sp³-hybridized carbons (Fsp3) is 0.889. The Hall–Kier alpha value is -0.660. The van der Waals surface area contributed by atoms with Gasteiger partial charge in [0.25, 0.3) is 0 Å². The summed E-state index contributed by atoms with van der Waals surface area (Å²) in [6, 6.07) is 0. The van der Waals surface area contributed by atoms with Crippen molar-refractivity contribution in [3.8, 4) is 0 Å². The van der Waals surface area contributed by atoms with Gasteiger partial charge in [0.05, 0.1) is 25.4 Å². The zero-order valence-electron chi connectivity index (χ0n) is 9.60. The summed E-state index contributed by atoms with van der Waals surface area (Å²) in [6.45, 7) is 1.99. The molecule has 0 fully saturated rings. The maximum Gasteiger partial charge on any atom is 0.306 e. The van der Waals surface area contributed by atoms with Gasteiger partial charge in [-0.3, -0.25) is 4.79 Å². The van der Waals surface area contributed by atoms with Gasteiger partial charge in [0, 0.05) is 6.54 Å². The number of sulfonamides is 1. The number of rotatable bonds is 8. The van der Waals surface area contributed by atoms with Crippen LogP contribution in [0.5, 0.6) is 0 Å². The number of ether oxygens (including phenoxy) is 1. The quantitative estimate of drug-likeness (QED) is 0.576. The minimum absolute atomic E-state index is 0.165. The van der Waals surface area contributed by atoms with Crippen molar-refractivity contribution in [2.24, 2.45) is 0 Å². The van der Waals surface area contributed by atoms with Crippen LogP contribution in [0.25, 0.3) is 0 Å². The lowest BCUT2D eigenvalue weighted by molar-refractivity contribution is -0.140. The van der Waals surface area contributed by atoms with Crippen LogP contribution in [-0.4, -0.2) is 45.0 Å². The van der Waals surface area contributed by atoms with Gasteiger partial charge in [-0.05, 0) is 12.8 Å². The van der Waals surface area contributed by atoms with E-state index in [2.05, 4.69) is 9.46 Å². The number of esters is 1. The summed E-state index contributed by atoms with van der Waals surface area (Å²) in [7, 11) is -2.24. The maximum absolute atomic E-state index is 11.3. The molecule has 7 heteroatoms. The first kappa shape index (κ1) is 15.3. The molecule has 0 amide bonds. The number of aliphatic hydroxyl groups is 1. The Kier molecular flexibility index (Phi) is 7.27. The first-order valence-corrected chi connectivity index (χ1v) is 6.78. The maximum atomic E-state index is 11.3. The van der Waals surface area contributed by atoms with Crippen molar-refractivity contribution >= 4 is 16.0 Å². The van der Waals surface area contributed by atoms with Gasteiger partial charge in [0.1, 0.15) is 0 Å². The molecule has 2 N–H and O–H groups in total. The average molecular weight is 253 g/mol. The van der Waals surface area contributed by atoms with E-state index in [1.807, 2.05) is 6.92 Å². The van der Waals surface area contributed by atoms with Crippen molar-refractivity contribution in [3.63, 3.8) is 0 Å². The van der Waals surface area contributed by atoms with Crippen molar-refractivity contribution in [1.29, 1.82) is 0 Å². The molecule has 0 aliphatic rings. The number of hydrogen-bond acceptors (Lipinski definition) is 5. The van der Waals surface area contributed by atoms with E-state index < -0.39 is 22.1 Å². The van der Waals surface area contributed by atoms with Gasteiger partial charge < -0.3 is 9.84 Å². The third-order valence-corrected chi connectivity index (χ3v) is 3.46. The standard InChI is InChI=1S/C9H19NO5S/c1-3-8(11)4-6-10-16(13,14)7-5-9(12)15-2/h8,10-11H,3-7H2,1-2H3. The highest BCUT2D eigenvalue weighted by Gasteiger charge is 2.13. The summed E-state index contributed by atoms with van der Waals surface area (Å²) in [6.07, 6.45) is 0.295. The fourth-order valence-corrected chi connectivity index (χ4v) is 1.99. The second kappa shape index (κ2) is 7.59. The van der Waals surface area contributed by atoms with Gasteiger partial charge in [-0.1, -0.05) is 6.92 Å². The van der Waals surface area contributed by atoms with Crippen LogP contribution < -0.4 is 4.72 Å².